The predicted molar refractivity (Wildman–Crippen MR) is 143 cm³/mol. The number of ether oxygens (including phenoxy) is 2. The van der Waals surface area contributed by atoms with Crippen molar-refractivity contribution in [3.8, 4) is 5.75 Å². The van der Waals surface area contributed by atoms with Crippen molar-refractivity contribution in [1.82, 2.24) is 4.90 Å². The van der Waals surface area contributed by atoms with E-state index in [-0.39, 0.29) is 36.7 Å². The van der Waals surface area contributed by atoms with Gasteiger partial charge in [-0.15, -0.1) is 0 Å². The normalized spacial score (nSPS) is 17.6. The molecule has 2 N–H and O–H groups in total. The lowest BCUT2D eigenvalue weighted by atomic mass is 9.91. The van der Waals surface area contributed by atoms with Crippen molar-refractivity contribution in [1.29, 1.82) is 0 Å². The molecule has 38 heavy (non-hydrogen) atoms. The van der Waals surface area contributed by atoms with Crippen molar-refractivity contribution in [3.63, 3.8) is 0 Å². The molecule has 0 saturated carbocycles. The highest BCUT2D eigenvalue weighted by Crippen LogP contribution is 2.35. The third-order valence-electron chi connectivity index (χ3n) is 6.62. The Hall–Kier alpha value is -4.17. The second-order valence-electron chi connectivity index (χ2n) is 9.17. The predicted octanol–water partition coefficient (Wildman–Crippen LogP) is 4.40. The van der Waals surface area contributed by atoms with Crippen LogP contribution < -0.4 is 5.32 Å². The number of esters is 1. The molecule has 1 aliphatic rings. The molecule has 3 aromatic carbocycles. The number of rotatable bonds is 9. The molecule has 8 heteroatoms. The van der Waals surface area contributed by atoms with Crippen LogP contribution >= 0.6 is 0 Å². The Morgan fingerprint density at radius 2 is 1.71 bits per heavy atom. The fraction of sp³-hybridized carbons (Fsp3) is 0.300. The lowest BCUT2D eigenvalue weighted by Crippen LogP contribution is -2.44. The smallest absolute Gasteiger partial charge is 0.332 e. The summed E-state index contributed by atoms with van der Waals surface area (Å²) in [5, 5.41) is 12.7. The summed E-state index contributed by atoms with van der Waals surface area (Å²) < 4.78 is 11.0. The number of phenols is 1. The first kappa shape index (κ1) is 26.9. The zero-order valence-corrected chi connectivity index (χ0v) is 21.5. The second-order valence-corrected chi connectivity index (χ2v) is 9.17. The SMILES string of the molecule is CCOC(=O)COC(c1ccccc1)c1cccc(NC(=O)[C@H]2C(c3ccc(O)cc3)CCN2C(C)=O)c1. The van der Waals surface area contributed by atoms with E-state index in [0.717, 1.165) is 16.7 Å². The molecule has 2 unspecified atom stereocenters. The number of carbonyl (C=O) groups is 3. The van der Waals surface area contributed by atoms with Crippen LogP contribution in [0.15, 0.2) is 78.9 Å². The zero-order valence-electron chi connectivity index (χ0n) is 21.5. The number of nitrogens with one attached hydrogen (secondary N) is 1. The molecule has 0 bridgehead atoms. The van der Waals surface area contributed by atoms with Gasteiger partial charge in [-0.25, -0.2) is 4.79 Å². The fourth-order valence-electron chi connectivity index (χ4n) is 4.90. The van der Waals surface area contributed by atoms with Crippen LogP contribution in [0.2, 0.25) is 0 Å². The number of benzene rings is 3. The van der Waals surface area contributed by atoms with Crippen molar-refractivity contribution in [2.45, 2.75) is 38.3 Å². The molecule has 0 aliphatic carbocycles. The molecule has 1 heterocycles. The van der Waals surface area contributed by atoms with Gasteiger partial charge in [0.25, 0.3) is 0 Å². The average molecular weight is 517 g/mol. The summed E-state index contributed by atoms with van der Waals surface area (Å²) in [6.45, 7) is 3.72. The quantitative estimate of drug-likeness (QED) is 0.409. The van der Waals surface area contributed by atoms with E-state index >= 15 is 0 Å². The van der Waals surface area contributed by atoms with Gasteiger partial charge in [-0.1, -0.05) is 54.6 Å². The van der Waals surface area contributed by atoms with Crippen molar-refractivity contribution in [3.05, 3.63) is 95.6 Å². The van der Waals surface area contributed by atoms with Crippen molar-refractivity contribution in [2.75, 3.05) is 25.1 Å². The molecular weight excluding hydrogens is 484 g/mol. The molecule has 1 fully saturated rings. The number of nitrogens with zero attached hydrogens (tertiary/aromatic N) is 1. The summed E-state index contributed by atoms with van der Waals surface area (Å²) in [5.74, 6) is -0.976. The zero-order chi connectivity index (χ0) is 27.1. The molecule has 2 amide bonds. The third kappa shape index (κ3) is 6.39. The first-order valence-electron chi connectivity index (χ1n) is 12.7. The van der Waals surface area contributed by atoms with E-state index in [2.05, 4.69) is 5.32 Å². The summed E-state index contributed by atoms with van der Waals surface area (Å²) >= 11 is 0. The molecular formula is C30H32N2O6. The molecule has 198 valence electrons. The largest absolute Gasteiger partial charge is 0.508 e. The van der Waals surface area contributed by atoms with Gasteiger partial charge < -0.3 is 24.8 Å². The van der Waals surface area contributed by atoms with Crippen LogP contribution in [0.4, 0.5) is 5.69 Å². The van der Waals surface area contributed by atoms with Gasteiger partial charge in [-0.3, -0.25) is 9.59 Å². The highest BCUT2D eigenvalue weighted by molar-refractivity contribution is 5.98. The van der Waals surface area contributed by atoms with Crippen molar-refractivity contribution in [2.24, 2.45) is 0 Å². The van der Waals surface area contributed by atoms with Crippen molar-refractivity contribution >= 4 is 23.5 Å². The minimum absolute atomic E-state index is 0.145. The van der Waals surface area contributed by atoms with Crippen LogP contribution in [0, 0.1) is 0 Å². The molecule has 0 radical (unpaired) electrons. The first-order chi connectivity index (χ1) is 18.4. The number of anilines is 1. The Morgan fingerprint density at radius 1 is 1.00 bits per heavy atom. The lowest BCUT2D eigenvalue weighted by Gasteiger charge is -2.27. The van der Waals surface area contributed by atoms with Gasteiger partial charge in [0.2, 0.25) is 11.8 Å². The molecule has 3 aromatic rings. The number of likely N-dealkylation sites (tertiary alicyclic amines) is 1. The number of amides is 2. The van der Waals surface area contributed by atoms with E-state index in [1.807, 2.05) is 48.5 Å². The fourth-order valence-corrected chi connectivity index (χ4v) is 4.90. The molecule has 1 aliphatic heterocycles. The number of phenolic OH excluding ortho intramolecular Hbond substituents is 1. The third-order valence-corrected chi connectivity index (χ3v) is 6.62. The Kier molecular flexibility index (Phi) is 8.76. The molecule has 0 spiro atoms. The Morgan fingerprint density at radius 3 is 2.39 bits per heavy atom. The summed E-state index contributed by atoms with van der Waals surface area (Å²) in [6.07, 6.45) is 0.0858. The van der Waals surface area contributed by atoms with Gasteiger partial charge in [-0.05, 0) is 54.3 Å². The van der Waals surface area contributed by atoms with Gasteiger partial charge >= 0.3 is 5.97 Å². The van der Waals surface area contributed by atoms with Crippen LogP contribution in [-0.4, -0.2) is 53.6 Å². The lowest BCUT2D eigenvalue weighted by molar-refractivity contribution is -0.149. The standard InChI is InChI=1S/C30H32N2O6/c1-3-37-27(35)19-38-29(22-8-5-4-6-9-22)23-10-7-11-24(18-23)31-30(36)28-26(16-17-32(28)20(2)33)21-12-14-25(34)15-13-21/h4-15,18,26,28-29,34H,3,16-17,19H2,1-2H3,(H,31,36)/t26?,28-,29?/m1/s1. The van der Waals surface area contributed by atoms with Crippen LogP contribution in [0.5, 0.6) is 5.75 Å². The second kappa shape index (κ2) is 12.4. The summed E-state index contributed by atoms with van der Waals surface area (Å²) in [6, 6.07) is 22.8. The minimum Gasteiger partial charge on any atom is -0.508 e. The Labute approximate surface area is 222 Å². The number of carbonyl (C=O) groups excluding carboxylic acids is 3. The van der Waals surface area contributed by atoms with Crippen LogP contribution in [0.1, 0.15) is 49.0 Å². The first-order valence-corrected chi connectivity index (χ1v) is 12.7. The molecule has 3 atom stereocenters. The molecule has 0 aromatic heterocycles. The maximum atomic E-state index is 13.6. The van der Waals surface area contributed by atoms with Crippen LogP contribution in [-0.2, 0) is 23.9 Å². The average Bonchev–Trinajstić information content (AvgIpc) is 3.36. The number of hydrogen-bond acceptors (Lipinski definition) is 6. The Bertz CT molecular complexity index is 1260. The summed E-state index contributed by atoms with van der Waals surface area (Å²) in [5.41, 5.74) is 3.04. The maximum Gasteiger partial charge on any atom is 0.332 e. The van der Waals surface area contributed by atoms with Gasteiger partial charge in [-0.2, -0.15) is 0 Å². The van der Waals surface area contributed by atoms with Crippen LogP contribution in [0.25, 0.3) is 0 Å². The van der Waals surface area contributed by atoms with Gasteiger partial charge in [0.15, 0.2) is 0 Å². The summed E-state index contributed by atoms with van der Waals surface area (Å²) in [7, 11) is 0. The number of hydrogen-bond donors (Lipinski definition) is 2. The van der Waals surface area contributed by atoms with E-state index in [1.165, 1.54) is 6.92 Å². The van der Waals surface area contributed by atoms with Gasteiger partial charge in [0.05, 0.1) is 6.61 Å². The Balaban J connectivity index is 1.57. The van der Waals surface area contributed by atoms with E-state index in [4.69, 9.17) is 9.47 Å². The highest BCUT2D eigenvalue weighted by Gasteiger charge is 2.41. The van der Waals surface area contributed by atoms with Gasteiger partial charge in [0, 0.05) is 25.1 Å². The topological polar surface area (TPSA) is 105 Å². The molecule has 8 nitrogen and oxygen atoms in total. The monoisotopic (exact) mass is 516 g/mol. The number of aromatic hydroxyl groups is 1. The molecule has 1 saturated heterocycles. The molecule has 4 rings (SSSR count). The van der Waals surface area contributed by atoms with E-state index in [1.54, 1.807) is 42.2 Å². The summed E-state index contributed by atoms with van der Waals surface area (Å²) in [4.78, 5) is 39.5. The van der Waals surface area contributed by atoms with Crippen LogP contribution in [0.3, 0.4) is 0 Å². The minimum atomic E-state index is -0.689. The van der Waals surface area contributed by atoms with Crippen molar-refractivity contribution < 1.29 is 29.0 Å². The van der Waals surface area contributed by atoms with E-state index in [9.17, 15) is 19.5 Å². The van der Waals surface area contributed by atoms with E-state index in [0.29, 0.717) is 18.7 Å². The highest BCUT2D eigenvalue weighted by atomic mass is 16.6. The maximum absolute atomic E-state index is 13.6. The van der Waals surface area contributed by atoms with E-state index < -0.39 is 18.1 Å². The van der Waals surface area contributed by atoms with Gasteiger partial charge in [0.1, 0.15) is 24.5 Å².